The number of nitrogens with one attached hydrogen (secondary N) is 2. The highest BCUT2D eigenvalue weighted by atomic mass is 32.2. The number of aliphatic hydroxyl groups is 1. The van der Waals surface area contributed by atoms with Crippen LogP contribution in [-0.2, 0) is 37.3 Å². The van der Waals surface area contributed by atoms with Crippen molar-refractivity contribution in [3.05, 3.63) is 120 Å². The van der Waals surface area contributed by atoms with Crippen LogP contribution in [0.2, 0.25) is 0 Å². The zero-order chi connectivity index (χ0) is 42.6. The lowest BCUT2D eigenvalue weighted by molar-refractivity contribution is -0.152. The van der Waals surface area contributed by atoms with Crippen molar-refractivity contribution in [1.82, 2.24) is 25.3 Å². The molecule has 2 atom stereocenters. The number of nitrogens with zero attached hydrogens (tertiary/aromatic N) is 6. The van der Waals surface area contributed by atoms with Gasteiger partial charge in [-0.05, 0) is 67.1 Å². The van der Waals surface area contributed by atoms with Crippen molar-refractivity contribution >= 4 is 45.0 Å². The number of amides is 2. The Bertz CT molecular complexity index is 2490. The molecule has 0 spiro atoms. The molecule has 0 radical (unpaired) electrons. The number of aromatic nitrogens is 4. The van der Waals surface area contributed by atoms with Crippen molar-refractivity contribution in [3.63, 3.8) is 0 Å². The van der Waals surface area contributed by atoms with Crippen molar-refractivity contribution in [2.24, 2.45) is 0 Å². The molecule has 3 aromatic heterocycles. The average molecular weight is 843 g/mol. The highest BCUT2D eigenvalue weighted by Gasteiger charge is 2.37. The lowest BCUT2D eigenvalue weighted by atomic mass is 9.97. The first kappa shape index (κ1) is 41.7. The topological polar surface area (TPSA) is 206 Å². The van der Waals surface area contributed by atoms with Crippen molar-refractivity contribution in [2.45, 2.75) is 68.5 Å². The van der Waals surface area contributed by atoms with Gasteiger partial charge in [0.15, 0.2) is 5.82 Å². The second-order valence-corrected chi connectivity index (χ2v) is 15.9. The average Bonchev–Trinajstić information content (AvgIpc) is 3.25. The molecule has 7 rings (SSSR count). The molecule has 4 heterocycles. The number of anilines is 3. The first-order valence-electron chi connectivity index (χ1n) is 18.9. The molecule has 1 unspecified atom stereocenters. The minimum Gasteiger partial charge on any atom is -0.461 e. The van der Waals surface area contributed by atoms with Crippen LogP contribution < -0.4 is 19.8 Å². The number of esters is 1. The standard InChI is InChI=1S/C41H40F2N8O8S/c1-50-35-22-44-15-14-29(35)39(53)51(41(50)55)37-13-8-24(19-47-37)16-34(40(54)59-27-6-4-3-5-7-27)48-38(52)30-17-32(43)33(18-31(30)42)49-60(56,57)28-11-9-25(10-12-28)26-20-45-36(23-58-2)46-21-26/h8-15,17-22,27,34,41,49,55H,3-7,16,23H2,1-2H3,(H,48,52)/t34-,41?/m0/s1. The number of benzene rings is 2. The third-order valence-corrected chi connectivity index (χ3v) is 11.5. The van der Waals surface area contributed by atoms with E-state index in [1.165, 1.54) is 67.0 Å². The summed E-state index contributed by atoms with van der Waals surface area (Å²) in [5, 5.41) is 13.4. The van der Waals surface area contributed by atoms with Gasteiger partial charge in [0.05, 0.1) is 33.6 Å². The molecule has 1 saturated carbocycles. The Kier molecular flexibility index (Phi) is 12.4. The van der Waals surface area contributed by atoms with E-state index in [1.807, 2.05) is 4.72 Å². The monoisotopic (exact) mass is 842 g/mol. The van der Waals surface area contributed by atoms with E-state index in [4.69, 9.17) is 9.47 Å². The molecule has 60 heavy (non-hydrogen) atoms. The molecule has 1 aliphatic carbocycles. The fourth-order valence-electron chi connectivity index (χ4n) is 6.91. The molecule has 1 aliphatic heterocycles. The Hall–Kier alpha value is -6.44. The number of pyridine rings is 2. The molecule has 2 aliphatic rings. The predicted octanol–water partition coefficient (Wildman–Crippen LogP) is 4.75. The number of sulfonamides is 1. The van der Waals surface area contributed by atoms with Gasteiger partial charge in [-0.1, -0.05) is 24.6 Å². The number of hydrogen-bond donors (Lipinski definition) is 3. The molecule has 19 heteroatoms. The first-order valence-corrected chi connectivity index (χ1v) is 20.4. The van der Waals surface area contributed by atoms with Gasteiger partial charge in [-0.2, -0.15) is 0 Å². The minimum absolute atomic E-state index is 0.0977. The van der Waals surface area contributed by atoms with E-state index < -0.39 is 69.2 Å². The van der Waals surface area contributed by atoms with Crippen LogP contribution in [0.3, 0.4) is 0 Å². The maximum atomic E-state index is 15.6. The van der Waals surface area contributed by atoms with E-state index in [9.17, 15) is 27.9 Å². The van der Waals surface area contributed by atoms with Crippen LogP contribution in [0.25, 0.3) is 11.1 Å². The molecule has 2 amide bonds. The molecule has 5 aromatic rings. The minimum atomic E-state index is -4.42. The van der Waals surface area contributed by atoms with Crippen LogP contribution in [0.15, 0.2) is 90.5 Å². The Morgan fingerprint density at radius 3 is 2.35 bits per heavy atom. The number of rotatable bonds is 13. The van der Waals surface area contributed by atoms with Crippen molar-refractivity contribution in [3.8, 4) is 11.1 Å². The van der Waals surface area contributed by atoms with Gasteiger partial charge in [-0.3, -0.25) is 19.3 Å². The maximum Gasteiger partial charge on any atom is 0.329 e. The fourth-order valence-corrected chi connectivity index (χ4v) is 7.97. The summed E-state index contributed by atoms with van der Waals surface area (Å²) in [5.41, 5.74) is 0.805. The van der Waals surface area contributed by atoms with Crippen LogP contribution in [0.4, 0.5) is 26.0 Å². The first-order chi connectivity index (χ1) is 28.8. The quantitative estimate of drug-likeness (QED) is 0.137. The summed E-state index contributed by atoms with van der Waals surface area (Å²) in [6.45, 7) is 0.223. The van der Waals surface area contributed by atoms with Crippen molar-refractivity contribution < 1.29 is 46.2 Å². The van der Waals surface area contributed by atoms with E-state index in [2.05, 4.69) is 25.3 Å². The van der Waals surface area contributed by atoms with Gasteiger partial charge >= 0.3 is 5.97 Å². The normalized spacial score (nSPS) is 16.2. The van der Waals surface area contributed by atoms with Crippen LogP contribution >= 0.6 is 0 Å². The smallest absolute Gasteiger partial charge is 0.329 e. The Balaban J connectivity index is 1.06. The van der Waals surface area contributed by atoms with Gasteiger partial charge in [0.2, 0.25) is 6.35 Å². The molecule has 1 fully saturated rings. The highest BCUT2D eigenvalue weighted by molar-refractivity contribution is 7.92. The second-order valence-electron chi connectivity index (χ2n) is 14.2. The van der Waals surface area contributed by atoms with Crippen molar-refractivity contribution in [2.75, 3.05) is 28.7 Å². The molecule has 16 nitrogen and oxygen atoms in total. The number of ether oxygens (including phenoxy) is 2. The van der Waals surface area contributed by atoms with Gasteiger partial charge in [0, 0.05) is 57.0 Å². The van der Waals surface area contributed by atoms with Gasteiger partial charge < -0.3 is 24.8 Å². The highest BCUT2D eigenvalue weighted by Crippen LogP contribution is 2.31. The maximum absolute atomic E-state index is 15.6. The van der Waals surface area contributed by atoms with Crippen LogP contribution in [0.1, 0.15) is 64.2 Å². The molecular weight excluding hydrogens is 803 g/mol. The van der Waals surface area contributed by atoms with Crippen molar-refractivity contribution in [1.29, 1.82) is 0 Å². The van der Waals surface area contributed by atoms with E-state index in [0.717, 1.165) is 24.2 Å². The molecule has 312 valence electrons. The largest absolute Gasteiger partial charge is 0.461 e. The number of methoxy groups -OCH3 is 1. The van der Waals surface area contributed by atoms with E-state index in [0.29, 0.717) is 58.7 Å². The van der Waals surface area contributed by atoms with E-state index >= 15 is 8.78 Å². The fraction of sp³-hybridized carbons (Fsp3) is 0.293. The lowest BCUT2D eigenvalue weighted by Gasteiger charge is -2.39. The van der Waals surface area contributed by atoms with Crippen LogP contribution in [0.5, 0.6) is 0 Å². The molecule has 3 N–H and O–H groups in total. The third kappa shape index (κ3) is 9.07. The zero-order valence-electron chi connectivity index (χ0n) is 32.4. The van der Waals surface area contributed by atoms with E-state index in [-0.39, 0.29) is 23.7 Å². The summed E-state index contributed by atoms with van der Waals surface area (Å²) in [6.07, 6.45) is 9.34. The molecular formula is C41H40F2N8O8S. The summed E-state index contributed by atoms with van der Waals surface area (Å²) >= 11 is 0. The number of aliphatic hydroxyl groups excluding tert-OH is 1. The van der Waals surface area contributed by atoms with Crippen LogP contribution in [-0.4, -0.2) is 83.9 Å². The van der Waals surface area contributed by atoms with Crippen LogP contribution in [0, 0.1) is 11.6 Å². The summed E-state index contributed by atoms with van der Waals surface area (Å²) in [4.78, 5) is 59.4. The molecule has 2 aromatic carbocycles. The third-order valence-electron chi connectivity index (χ3n) is 10.1. The Morgan fingerprint density at radius 1 is 0.933 bits per heavy atom. The van der Waals surface area contributed by atoms with E-state index in [1.54, 1.807) is 25.5 Å². The number of fused-ring (bicyclic) bond motifs is 1. The Morgan fingerprint density at radius 2 is 1.67 bits per heavy atom. The zero-order valence-corrected chi connectivity index (χ0v) is 33.2. The predicted molar refractivity (Wildman–Crippen MR) is 213 cm³/mol. The molecule has 0 saturated heterocycles. The Labute approximate surface area is 343 Å². The summed E-state index contributed by atoms with van der Waals surface area (Å²) in [6, 6.07) is 9.77. The van der Waals surface area contributed by atoms with Gasteiger partial charge in [0.1, 0.15) is 36.2 Å². The van der Waals surface area contributed by atoms with Gasteiger partial charge in [-0.15, -0.1) is 0 Å². The number of carbonyl (C=O) groups is 3. The number of halogens is 2. The van der Waals surface area contributed by atoms with Gasteiger partial charge in [-0.25, -0.2) is 41.8 Å². The summed E-state index contributed by atoms with van der Waals surface area (Å²) in [5.74, 6) is -4.44. The number of carbonyl (C=O) groups excluding carboxylic acids is 3. The summed E-state index contributed by atoms with van der Waals surface area (Å²) in [7, 11) is -1.32. The SMILES string of the molecule is COCc1ncc(-c2ccc(S(=O)(=O)Nc3cc(F)c(C(=O)N[C@@H](Cc4ccc(N5C(=O)c6ccncc6N(C)C5O)nc4)C(=O)OC4CCCCC4)cc3F)cc2)cn1. The summed E-state index contributed by atoms with van der Waals surface area (Å²) < 4.78 is 70.2. The van der Waals surface area contributed by atoms with Gasteiger partial charge in [0.25, 0.3) is 21.8 Å². The molecule has 0 bridgehead atoms. The lowest BCUT2D eigenvalue weighted by Crippen LogP contribution is -2.54. The second kappa shape index (κ2) is 17.8. The number of hydrogen-bond acceptors (Lipinski definition) is 13.